The number of H-pyrrole nitrogens is 1. The van der Waals surface area contributed by atoms with Gasteiger partial charge in [0.15, 0.2) is 0 Å². The third-order valence-corrected chi connectivity index (χ3v) is 4.72. The summed E-state index contributed by atoms with van der Waals surface area (Å²) in [5.41, 5.74) is 3.72. The van der Waals surface area contributed by atoms with Crippen molar-refractivity contribution >= 4 is 11.6 Å². The zero-order chi connectivity index (χ0) is 18.3. The van der Waals surface area contributed by atoms with E-state index in [1.165, 1.54) is 22.5 Å². The highest BCUT2D eigenvalue weighted by Gasteiger charge is 2.28. The number of aromatic nitrogens is 4. The van der Waals surface area contributed by atoms with E-state index in [9.17, 15) is 9.59 Å². The van der Waals surface area contributed by atoms with E-state index in [0.29, 0.717) is 35.9 Å². The first-order chi connectivity index (χ1) is 12.6. The molecule has 0 atom stereocenters. The summed E-state index contributed by atoms with van der Waals surface area (Å²) in [5.74, 6) is 0.236. The number of carbonyl (C=O) groups excluding carboxylic acids is 1. The molecule has 2 aromatic heterocycles. The first kappa shape index (κ1) is 16.3. The number of anilines is 1. The molecule has 0 saturated heterocycles. The molecule has 1 aliphatic rings. The number of nitrogens with one attached hydrogen (secondary N) is 1. The molecule has 0 fully saturated rings. The molecule has 4 rings (SSSR count). The standard InChI is InChI=1S/C19H19N5O2/c1-3-14-10-17(25)22-19(21-14)24-12(2)15(11-20-24)18(26)23-9-8-13-6-4-5-7-16(13)23/h4-7,10-11H,3,8-9H2,1-2H3,(H,21,22,25). The zero-order valence-corrected chi connectivity index (χ0v) is 14.7. The lowest BCUT2D eigenvalue weighted by Gasteiger charge is -2.17. The molecule has 0 radical (unpaired) electrons. The number of rotatable bonds is 3. The smallest absolute Gasteiger partial charge is 0.261 e. The van der Waals surface area contributed by atoms with Crippen LogP contribution in [0.15, 0.2) is 41.3 Å². The first-order valence-electron chi connectivity index (χ1n) is 8.63. The SMILES string of the molecule is CCc1cc(=O)[nH]c(-n2ncc(C(=O)N3CCc4ccccc43)c2C)n1. The highest BCUT2D eigenvalue weighted by Crippen LogP contribution is 2.29. The third-order valence-electron chi connectivity index (χ3n) is 4.72. The van der Waals surface area contributed by atoms with E-state index in [1.807, 2.05) is 31.2 Å². The second-order valence-corrected chi connectivity index (χ2v) is 6.30. The Kier molecular flexibility index (Phi) is 3.91. The van der Waals surface area contributed by atoms with Gasteiger partial charge >= 0.3 is 0 Å². The van der Waals surface area contributed by atoms with Gasteiger partial charge in [0.05, 0.1) is 17.5 Å². The van der Waals surface area contributed by atoms with Crippen LogP contribution >= 0.6 is 0 Å². The number of nitrogens with zero attached hydrogens (tertiary/aromatic N) is 4. The van der Waals surface area contributed by atoms with Crippen LogP contribution in [0.5, 0.6) is 0 Å². The fraction of sp³-hybridized carbons (Fsp3) is 0.263. The van der Waals surface area contributed by atoms with Crippen LogP contribution in [-0.2, 0) is 12.8 Å². The summed E-state index contributed by atoms with van der Waals surface area (Å²) in [4.78, 5) is 33.8. The van der Waals surface area contributed by atoms with Crippen molar-refractivity contribution in [2.24, 2.45) is 0 Å². The summed E-state index contributed by atoms with van der Waals surface area (Å²) >= 11 is 0. The molecule has 1 N–H and O–H groups in total. The molecular formula is C19H19N5O2. The number of hydrogen-bond acceptors (Lipinski definition) is 4. The van der Waals surface area contributed by atoms with E-state index < -0.39 is 0 Å². The van der Waals surface area contributed by atoms with E-state index >= 15 is 0 Å². The topological polar surface area (TPSA) is 83.9 Å². The van der Waals surface area contributed by atoms with Crippen molar-refractivity contribution in [2.75, 3.05) is 11.4 Å². The van der Waals surface area contributed by atoms with Gasteiger partial charge in [0, 0.05) is 24.0 Å². The predicted molar refractivity (Wildman–Crippen MR) is 97.9 cm³/mol. The van der Waals surface area contributed by atoms with Crippen molar-refractivity contribution in [3.63, 3.8) is 0 Å². The summed E-state index contributed by atoms with van der Waals surface area (Å²) < 4.78 is 1.51. The second-order valence-electron chi connectivity index (χ2n) is 6.30. The number of aryl methyl sites for hydroxylation is 1. The van der Waals surface area contributed by atoms with Gasteiger partial charge in [-0.15, -0.1) is 0 Å². The van der Waals surface area contributed by atoms with Gasteiger partial charge in [0.1, 0.15) is 0 Å². The van der Waals surface area contributed by atoms with Crippen LogP contribution in [0.1, 0.15) is 34.2 Å². The molecule has 1 amide bonds. The van der Waals surface area contributed by atoms with Gasteiger partial charge in [-0.3, -0.25) is 14.6 Å². The Morgan fingerprint density at radius 3 is 2.92 bits per heavy atom. The van der Waals surface area contributed by atoms with Crippen LogP contribution in [0.2, 0.25) is 0 Å². The van der Waals surface area contributed by atoms with Gasteiger partial charge in [-0.2, -0.15) is 5.10 Å². The van der Waals surface area contributed by atoms with Crippen molar-refractivity contribution in [1.82, 2.24) is 19.7 Å². The molecule has 7 nitrogen and oxygen atoms in total. The maximum absolute atomic E-state index is 13.0. The zero-order valence-electron chi connectivity index (χ0n) is 14.7. The highest BCUT2D eigenvalue weighted by atomic mass is 16.2. The van der Waals surface area contributed by atoms with Gasteiger partial charge in [-0.1, -0.05) is 25.1 Å². The molecule has 0 unspecified atom stereocenters. The number of benzene rings is 1. The van der Waals surface area contributed by atoms with E-state index in [1.54, 1.807) is 11.8 Å². The van der Waals surface area contributed by atoms with Crippen molar-refractivity contribution in [3.8, 4) is 5.95 Å². The normalized spacial score (nSPS) is 13.1. The van der Waals surface area contributed by atoms with E-state index in [-0.39, 0.29) is 11.5 Å². The summed E-state index contributed by atoms with van der Waals surface area (Å²) in [5, 5.41) is 4.29. The average molecular weight is 349 g/mol. The number of carbonyl (C=O) groups is 1. The molecule has 0 spiro atoms. The molecule has 132 valence electrons. The molecule has 1 aromatic carbocycles. The van der Waals surface area contributed by atoms with Crippen molar-refractivity contribution in [3.05, 3.63) is 69.4 Å². The van der Waals surface area contributed by atoms with Gasteiger partial charge in [0.2, 0.25) is 5.95 Å². The van der Waals surface area contributed by atoms with Gasteiger partial charge in [0.25, 0.3) is 11.5 Å². The minimum Gasteiger partial charge on any atom is -0.308 e. The molecule has 0 bridgehead atoms. The monoisotopic (exact) mass is 349 g/mol. The molecule has 3 heterocycles. The fourth-order valence-corrected chi connectivity index (χ4v) is 3.30. The molecule has 7 heteroatoms. The van der Waals surface area contributed by atoms with Crippen LogP contribution in [-0.4, -0.2) is 32.2 Å². The number of hydrogen-bond donors (Lipinski definition) is 1. The van der Waals surface area contributed by atoms with Crippen LogP contribution in [0, 0.1) is 6.92 Å². The summed E-state index contributed by atoms with van der Waals surface area (Å²) in [6.45, 7) is 4.39. The summed E-state index contributed by atoms with van der Waals surface area (Å²) in [6.07, 6.45) is 3.04. The van der Waals surface area contributed by atoms with Crippen LogP contribution in [0.25, 0.3) is 5.95 Å². The second kappa shape index (κ2) is 6.25. The minimum absolute atomic E-state index is 0.0901. The van der Waals surface area contributed by atoms with E-state index in [2.05, 4.69) is 15.1 Å². The van der Waals surface area contributed by atoms with Crippen LogP contribution in [0.3, 0.4) is 0 Å². The maximum atomic E-state index is 13.0. The molecule has 1 aliphatic heterocycles. The Balaban J connectivity index is 1.71. The average Bonchev–Trinajstić information content (AvgIpc) is 3.24. The maximum Gasteiger partial charge on any atom is 0.261 e. The molecule has 26 heavy (non-hydrogen) atoms. The van der Waals surface area contributed by atoms with Gasteiger partial charge < -0.3 is 4.90 Å². The van der Waals surface area contributed by atoms with Crippen molar-refractivity contribution in [1.29, 1.82) is 0 Å². The van der Waals surface area contributed by atoms with Gasteiger partial charge in [-0.05, 0) is 31.4 Å². The van der Waals surface area contributed by atoms with E-state index in [4.69, 9.17) is 0 Å². The lowest BCUT2D eigenvalue weighted by molar-refractivity contribution is 0.0989. The lowest BCUT2D eigenvalue weighted by Crippen LogP contribution is -2.29. The Bertz CT molecular complexity index is 1050. The Morgan fingerprint density at radius 1 is 1.31 bits per heavy atom. The summed E-state index contributed by atoms with van der Waals surface area (Å²) in [6, 6.07) is 9.40. The fourth-order valence-electron chi connectivity index (χ4n) is 3.30. The number of amides is 1. The van der Waals surface area contributed by atoms with E-state index in [0.717, 1.165) is 12.1 Å². The first-order valence-corrected chi connectivity index (χ1v) is 8.63. The van der Waals surface area contributed by atoms with Crippen LogP contribution < -0.4 is 10.5 Å². The number of aromatic amines is 1. The quantitative estimate of drug-likeness (QED) is 0.784. The largest absolute Gasteiger partial charge is 0.308 e. The Hall–Kier alpha value is -3.22. The predicted octanol–water partition coefficient (Wildman–Crippen LogP) is 2.03. The minimum atomic E-state index is -0.233. The molecule has 0 saturated carbocycles. The van der Waals surface area contributed by atoms with Crippen molar-refractivity contribution < 1.29 is 4.79 Å². The molecular weight excluding hydrogens is 330 g/mol. The van der Waals surface area contributed by atoms with Gasteiger partial charge in [-0.25, -0.2) is 9.67 Å². The lowest BCUT2D eigenvalue weighted by atomic mass is 10.2. The number of fused-ring (bicyclic) bond motifs is 1. The Labute approximate surface area is 150 Å². The van der Waals surface area contributed by atoms with Crippen LogP contribution in [0.4, 0.5) is 5.69 Å². The van der Waals surface area contributed by atoms with Crippen molar-refractivity contribution in [2.45, 2.75) is 26.7 Å². The Morgan fingerprint density at radius 2 is 2.12 bits per heavy atom. The third kappa shape index (κ3) is 2.61. The molecule has 3 aromatic rings. The molecule has 0 aliphatic carbocycles. The highest BCUT2D eigenvalue weighted by molar-refractivity contribution is 6.07. The number of para-hydroxylation sites is 1. The summed E-state index contributed by atoms with van der Waals surface area (Å²) in [7, 11) is 0.